The van der Waals surface area contributed by atoms with Crippen LogP contribution >= 0.6 is 34.3 Å². The van der Waals surface area contributed by atoms with E-state index in [-0.39, 0.29) is 30.6 Å². The van der Waals surface area contributed by atoms with Gasteiger partial charge in [0.1, 0.15) is 0 Å². The number of carbonyl (C=O) groups excluding carboxylic acids is 3. The highest BCUT2D eigenvalue weighted by Crippen LogP contribution is 2.33. The number of carbonyl (C=O) groups is 3. The number of nitrogens with one attached hydrogen (secondary N) is 2. The maximum absolute atomic E-state index is 12.5. The number of hydrogen-bond donors (Lipinski definition) is 2. The summed E-state index contributed by atoms with van der Waals surface area (Å²) in [5, 5.41) is 6.29. The molecule has 1 aromatic carbocycles. The summed E-state index contributed by atoms with van der Waals surface area (Å²) in [6.07, 6.45) is 0.346. The minimum Gasteiger partial charge on any atom is -0.298 e. The number of thiophene rings is 1. The Morgan fingerprint density at radius 3 is 2.64 bits per heavy atom. The van der Waals surface area contributed by atoms with E-state index in [2.05, 4.69) is 15.7 Å². The zero-order valence-electron chi connectivity index (χ0n) is 14.3. The van der Waals surface area contributed by atoms with E-state index in [0.717, 1.165) is 10.6 Å². The van der Waals surface area contributed by atoms with E-state index in [0.29, 0.717) is 20.7 Å². The van der Waals surface area contributed by atoms with Crippen LogP contribution in [0.15, 0.2) is 41.8 Å². The van der Waals surface area contributed by atoms with E-state index >= 15 is 0 Å². The first kappa shape index (κ1) is 18.6. The van der Waals surface area contributed by atoms with Gasteiger partial charge in [0.25, 0.3) is 5.91 Å². The van der Waals surface area contributed by atoms with Crippen LogP contribution in [0.1, 0.15) is 23.2 Å². The zero-order chi connectivity index (χ0) is 19.7. The summed E-state index contributed by atoms with van der Waals surface area (Å²) in [4.78, 5) is 41.2. The molecule has 1 fully saturated rings. The lowest BCUT2D eigenvalue weighted by Crippen LogP contribution is -2.50. The van der Waals surface area contributed by atoms with Crippen molar-refractivity contribution in [2.45, 2.75) is 12.8 Å². The Morgan fingerprint density at radius 1 is 1.14 bits per heavy atom. The standard InChI is InChI=1S/C18H13ClN4O3S2/c19-14-6-5-13(28-14)12-9-27-18(20-12)21-17(26)10-1-3-11(4-2-10)23-16(25)8-7-15(24)22-23/h1-6,9H,7-8H2,(H,22,24)(H,20,21,26). The Balaban J connectivity index is 1.45. The average molecular weight is 433 g/mol. The molecule has 3 amide bonds. The molecule has 1 aliphatic rings. The molecule has 0 bridgehead atoms. The summed E-state index contributed by atoms with van der Waals surface area (Å²) in [5.74, 6) is -0.723. The number of amides is 3. The Hall–Kier alpha value is -2.75. The van der Waals surface area contributed by atoms with Gasteiger partial charge in [0.05, 0.1) is 20.6 Å². The molecule has 0 atom stereocenters. The fourth-order valence-corrected chi connectivity index (χ4v) is 4.40. The lowest BCUT2D eigenvalue weighted by molar-refractivity contribution is -0.130. The van der Waals surface area contributed by atoms with Crippen LogP contribution in [0.5, 0.6) is 0 Å². The molecule has 1 saturated heterocycles. The third-order valence-electron chi connectivity index (χ3n) is 3.99. The number of aromatic nitrogens is 1. The van der Waals surface area contributed by atoms with Gasteiger partial charge in [0.15, 0.2) is 5.13 Å². The van der Waals surface area contributed by atoms with Crippen molar-refractivity contribution in [3.8, 4) is 10.6 Å². The monoisotopic (exact) mass is 432 g/mol. The number of hydrazine groups is 1. The third-order valence-corrected chi connectivity index (χ3v) is 6.00. The van der Waals surface area contributed by atoms with Gasteiger partial charge in [-0.15, -0.1) is 22.7 Å². The normalized spacial score (nSPS) is 14.1. The van der Waals surface area contributed by atoms with Crippen LogP contribution < -0.4 is 15.8 Å². The van der Waals surface area contributed by atoms with Crippen molar-refractivity contribution in [3.05, 3.63) is 51.7 Å². The van der Waals surface area contributed by atoms with E-state index in [9.17, 15) is 14.4 Å². The van der Waals surface area contributed by atoms with Gasteiger partial charge >= 0.3 is 0 Å². The molecule has 3 heterocycles. The summed E-state index contributed by atoms with van der Waals surface area (Å²) in [5.41, 5.74) is 4.19. The van der Waals surface area contributed by atoms with Gasteiger partial charge < -0.3 is 0 Å². The summed E-state index contributed by atoms with van der Waals surface area (Å²) in [7, 11) is 0. The van der Waals surface area contributed by atoms with Crippen LogP contribution in [0.4, 0.5) is 10.8 Å². The molecule has 2 aromatic heterocycles. The van der Waals surface area contributed by atoms with Gasteiger partial charge in [-0.2, -0.15) is 0 Å². The Labute approximate surface area is 172 Å². The van der Waals surface area contributed by atoms with Crippen LogP contribution in [0.3, 0.4) is 0 Å². The highest BCUT2D eigenvalue weighted by Gasteiger charge is 2.24. The Bertz CT molecular complexity index is 1060. The van der Waals surface area contributed by atoms with Crippen molar-refractivity contribution < 1.29 is 14.4 Å². The number of benzene rings is 1. The molecular weight excluding hydrogens is 420 g/mol. The molecule has 142 valence electrons. The number of hydrogen-bond acceptors (Lipinski definition) is 6. The number of anilines is 2. The van der Waals surface area contributed by atoms with Crippen molar-refractivity contribution in [1.82, 2.24) is 10.4 Å². The van der Waals surface area contributed by atoms with Crippen molar-refractivity contribution in [1.29, 1.82) is 0 Å². The first-order valence-corrected chi connectivity index (χ1v) is 10.3. The number of thiazole rings is 1. The second kappa shape index (κ2) is 7.70. The SMILES string of the molecule is O=C1CCC(=O)N(c2ccc(C(=O)Nc3nc(-c4ccc(Cl)s4)cs3)cc2)N1. The summed E-state index contributed by atoms with van der Waals surface area (Å²) in [6, 6.07) is 10.1. The number of nitrogens with zero attached hydrogens (tertiary/aromatic N) is 2. The van der Waals surface area contributed by atoms with Crippen LogP contribution in [-0.2, 0) is 9.59 Å². The van der Waals surface area contributed by atoms with Gasteiger partial charge in [0.2, 0.25) is 11.8 Å². The fraction of sp³-hybridized carbons (Fsp3) is 0.111. The van der Waals surface area contributed by atoms with Crippen molar-refractivity contribution in [2.75, 3.05) is 10.3 Å². The molecule has 28 heavy (non-hydrogen) atoms. The second-order valence-electron chi connectivity index (χ2n) is 5.91. The van der Waals surface area contributed by atoms with E-state index in [1.165, 1.54) is 27.7 Å². The lowest BCUT2D eigenvalue weighted by atomic mass is 10.1. The molecule has 3 aromatic rings. The van der Waals surface area contributed by atoms with Gasteiger partial charge in [-0.3, -0.25) is 25.1 Å². The summed E-state index contributed by atoms with van der Waals surface area (Å²) in [6.45, 7) is 0. The van der Waals surface area contributed by atoms with E-state index < -0.39 is 0 Å². The number of halogens is 1. The largest absolute Gasteiger partial charge is 0.298 e. The van der Waals surface area contributed by atoms with E-state index in [1.54, 1.807) is 30.3 Å². The molecular formula is C18H13ClN4O3S2. The van der Waals surface area contributed by atoms with Crippen LogP contribution in [-0.4, -0.2) is 22.7 Å². The molecule has 0 aliphatic carbocycles. The first-order chi connectivity index (χ1) is 13.5. The van der Waals surface area contributed by atoms with Gasteiger partial charge in [0, 0.05) is 23.8 Å². The van der Waals surface area contributed by atoms with Gasteiger partial charge in [-0.25, -0.2) is 9.99 Å². The van der Waals surface area contributed by atoms with Crippen molar-refractivity contribution >= 4 is 62.8 Å². The Kier molecular flexibility index (Phi) is 5.12. The highest BCUT2D eigenvalue weighted by molar-refractivity contribution is 7.20. The molecule has 2 N–H and O–H groups in total. The smallest absolute Gasteiger partial charge is 0.257 e. The number of rotatable bonds is 4. The summed E-state index contributed by atoms with van der Waals surface area (Å²) < 4.78 is 0.678. The van der Waals surface area contributed by atoms with Crippen LogP contribution in [0, 0.1) is 0 Å². The molecule has 10 heteroatoms. The molecule has 4 rings (SSSR count). The minimum atomic E-state index is -0.314. The third kappa shape index (κ3) is 3.91. The maximum atomic E-state index is 12.5. The second-order valence-corrected chi connectivity index (χ2v) is 8.48. The quantitative estimate of drug-likeness (QED) is 0.653. The van der Waals surface area contributed by atoms with Crippen LogP contribution in [0.2, 0.25) is 4.34 Å². The average Bonchev–Trinajstić information content (AvgIpc) is 3.33. The molecule has 0 radical (unpaired) electrons. The van der Waals surface area contributed by atoms with Crippen molar-refractivity contribution in [3.63, 3.8) is 0 Å². The predicted molar refractivity (Wildman–Crippen MR) is 110 cm³/mol. The first-order valence-electron chi connectivity index (χ1n) is 8.25. The highest BCUT2D eigenvalue weighted by atomic mass is 35.5. The van der Waals surface area contributed by atoms with Crippen LogP contribution in [0.25, 0.3) is 10.6 Å². The molecule has 0 spiro atoms. The zero-order valence-corrected chi connectivity index (χ0v) is 16.7. The van der Waals surface area contributed by atoms with E-state index in [1.807, 2.05) is 11.4 Å². The molecule has 1 aliphatic heterocycles. The molecule has 7 nitrogen and oxygen atoms in total. The van der Waals surface area contributed by atoms with Gasteiger partial charge in [-0.1, -0.05) is 11.6 Å². The maximum Gasteiger partial charge on any atom is 0.257 e. The predicted octanol–water partition coefficient (Wildman–Crippen LogP) is 3.94. The van der Waals surface area contributed by atoms with Gasteiger partial charge in [-0.05, 0) is 36.4 Å². The molecule has 0 saturated carbocycles. The Morgan fingerprint density at radius 2 is 1.93 bits per heavy atom. The lowest BCUT2D eigenvalue weighted by Gasteiger charge is -2.27. The fourth-order valence-electron chi connectivity index (χ4n) is 2.61. The topological polar surface area (TPSA) is 91.4 Å². The van der Waals surface area contributed by atoms with Crippen molar-refractivity contribution in [2.24, 2.45) is 0 Å². The van der Waals surface area contributed by atoms with E-state index in [4.69, 9.17) is 11.6 Å². The molecule has 0 unspecified atom stereocenters. The minimum absolute atomic E-state index is 0.163. The summed E-state index contributed by atoms with van der Waals surface area (Å²) >= 11 is 8.69.